The fraction of sp³-hybridized carbons (Fsp3) is 1.00. The predicted octanol–water partition coefficient (Wildman–Crippen LogP) is 0.487. The summed E-state index contributed by atoms with van der Waals surface area (Å²) in [6, 6.07) is 0. The fourth-order valence-corrected chi connectivity index (χ4v) is 1.76. The van der Waals surface area contributed by atoms with Gasteiger partial charge in [0, 0.05) is 18.9 Å². The molecule has 11 heavy (non-hydrogen) atoms. The molecule has 2 N–H and O–H groups in total. The van der Waals surface area contributed by atoms with Gasteiger partial charge in [-0.1, -0.05) is 6.92 Å². The van der Waals surface area contributed by atoms with E-state index >= 15 is 0 Å². The fourth-order valence-electron chi connectivity index (χ4n) is 1.76. The highest BCUT2D eigenvalue weighted by Gasteiger charge is 2.51. The minimum atomic E-state index is -0.232. The zero-order valence-electron chi connectivity index (χ0n) is 6.88. The lowest BCUT2D eigenvalue weighted by Crippen LogP contribution is -2.47. The van der Waals surface area contributed by atoms with Gasteiger partial charge in [0.25, 0.3) is 0 Å². The summed E-state index contributed by atoms with van der Waals surface area (Å²) in [6.07, 6.45) is 2.40. The summed E-state index contributed by atoms with van der Waals surface area (Å²) in [5.74, 6) is 0.323. The molecule has 0 aromatic carbocycles. The molecule has 1 saturated carbocycles. The summed E-state index contributed by atoms with van der Waals surface area (Å²) in [7, 11) is 0. The van der Waals surface area contributed by atoms with Crippen molar-refractivity contribution in [3.8, 4) is 0 Å². The van der Waals surface area contributed by atoms with Crippen LogP contribution in [0.25, 0.3) is 0 Å². The first kappa shape index (κ1) is 7.53. The summed E-state index contributed by atoms with van der Waals surface area (Å²) in [5.41, 5.74) is 5.47. The first-order valence-electron chi connectivity index (χ1n) is 4.29. The largest absolute Gasteiger partial charge is 0.347 e. The van der Waals surface area contributed by atoms with Gasteiger partial charge < -0.3 is 15.2 Å². The van der Waals surface area contributed by atoms with Crippen LogP contribution in [0, 0.1) is 5.92 Å². The van der Waals surface area contributed by atoms with Crippen molar-refractivity contribution in [2.24, 2.45) is 11.7 Å². The molecular formula is C8H15NO2. The van der Waals surface area contributed by atoms with Crippen LogP contribution < -0.4 is 5.73 Å². The van der Waals surface area contributed by atoms with E-state index in [9.17, 15) is 0 Å². The molecule has 2 fully saturated rings. The Morgan fingerprint density at radius 2 is 2.45 bits per heavy atom. The quantitative estimate of drug-likeness (QED) is 0.602. The average Bonchev–Trinajstić information content (AvgIpc) is 2.47. The van der Waals surface area contributed by atoms with Crippen molar-refractivity contribution >= 4 is 0 Å². The summed E-state index contributed by atoms with van der Waals surface area (Å²) >= 11 is 0. The molecular weight excluding hydrogens is 142 g/mol. The van der Waals surface area contributed by atoms with Crippen LogP contribution in [0.15, 0.2) is 0 Å². The molecule has 0 aromatic rings. The number of hydrogen-bond donors (Lipinski definition) is 1. The Balaban J connectivity index is 1.97. The van der Waals surface area contributed by atoms with Gasteiger partial charge in [-0.3, -0.25) is 0 Å². The molecule has 1 heterocycles. The van der Waals surface area contributed by atoms with Crippen LogP contribution in [0.2, 0.25) is 0 Å². The zero-order chi connectivity index (χ0) is 7.90. The summed E-state index contributed by atoms with van der Waals surface area (Å²) < 4.78 is 11.3. The lowest BCUT2D eigenvalue weighted by atomic mass is 9.79. The molecule has 1 aliphatic heterocycles. The van der Waals surface area contributed by atoms with Crippen LogP contribution in [0.1, 0.15) is 19.8 Å². The molecule has 3 nitrogen and oxygen atoms in total. The standard InChI is InChI=1S/C8H15NO2/c1-6-2-3-8(6)10-5-7(4-9)11-8/h6-7H,2-5,9H2,1H3. The van der Waals surface area contributed by atoms with Crippen molar-refractivity contribution in [2.45, 2.75) is 31.7 Å². The molecule has 2 rings (SSSR count). The Kier molecular flexibility index (Phi) is 1.67. The monoisotopic (exact) mass is 157 g/mol. The molecule has 0 radical (unpaired) electrons. The van der Waals surface area contributed by atoms with E-state index in [4.69, 9.17) is 15.2 Å². The van der Waals surface area contributed by atoms with Crippen LogP contribution >= 0.6 is 0 Å². The SMILES string of the molecule is CC1CCC12OCC(CN)O2. The second kappa shape index (κ2) is 2.44. The maximum absolute atomic E-state index is 5.70. The third-order valence-electron chi connectivity index (χ3n) is 2.82. The van der Waals surface area contributed by atoms with E-state index in [-0.39, 0.29) is 11.9 Å². The maximum Gasteiger partial charge on any atom is 0.171 e. The third kappa shape index (κ3) is 0.991. The second-order valence-corrected chi connectivity index (χ2v) is 3.54. The third-order valence-corrected chi connectivity index (χ3v) is 2.82. The van der Waals surface area contributed by atoms with Gasteiger partial charge in [0.15, 0.2) is 5.79 Å². The van der Waals surface area contributed by atoms with Crippen LogP contribution in [0.3, 0.4) is 0 Å². The highest BCUT2D eigenvalue weighted by molar-refractivity contribution is 4.92. The van der Waals surface area contributed by atoms with E-state index in [0.717, 1.165) is 6.42 Å². The molecule has 0 aromatic heterocycles. The molecule has 3 unspecified atom stereocenters. The van der Waals surface area contributed by atoms with E-state index in [0.29, 0.717) is 19.1 Å². The molecule has 3 heteroatoms. The van der Waals surface area contributed by atoms with E-state index in [2.05, 4.69) is 6.92 Å². The van der Waals surface area contributed by atoms with Gasteiger partial charge in [-0.2, -0.15) is 0 Å². The number of nitrogens with two attached hydrogens (primary N) is 1. The minimum absolute atomic E-state index is 0.137. The molecule has 64 valence electrons. The number of rotatable bonds is 1. The van der Waals surface area contributed by atoms with Gasteiger partial charge in [-0.25, -0.2) is 0 Å². The van der Waals surface area contributed by atoms with E-state index in [1.807, 2.05) is 0 Å². The highest BCUT2D eigenvalue weighted by atomic mass is 16.7. The van der Waals surface area contributed by atoms with Gasteiger partial charge in [-0.15, -0.1) is 0 Å². The summed E-state index contributed by atoms with van der Waals surface area (Å²) in [6.45, 7) is 3.43. The predicted molar refractivity (Wildman–Crippen MR) is 41.0 cm³/mol. The Bertz CT molecular complexity index is 162. The molecule has 0 amide bonds. The highest BCUT2D eigenvalue weighted by Crippen LogP contribution is 2.46. The normalized spacial score (nSPS) is 49.6. The lowest BCUT2D eigenvalue weighted by molar-refractivity contribution is -0.250. The van der Waals surface area contributed by atoms with E-state index < -0.39 is 0 Å². The number of ether oxygens (including phenoxy) is 2. The molecule has 1 aliphatic carbocycles. The van der Waals surface area contributed by atoms with Gasteiger partial charge in [-0.05, 0) is 6.42 Å². The van der Waals surface area contributed by atoms with Gasteiger partial charge >= 0.3 is 0 Å². The Labute approximate surface area is 66.8 Å². The molecule has 2 aliphatic rings. The maximum atomic E-state index is 5.70. The topological polar surface area (TPSA) is 44.5 Å². The Morgan fingerprint density at radius 1 is 1.64 bits per heavy atom. The molecule has 0 bridgehead atoms. The van der Waals surface area contributed by atoms with Crippen molar-refractivity contribution < 1.29 is 9.47 Å². The Hall–Kier alpha value is -0.120. The first-order valence-corrected chi connectivity index (χ1v) is 4.29. The minimum Gasteiger partial charge on any atom is -0.347 e. The van der Waals surface area contributed by atoms with Gasteiger partial charge in [0.2, 0.25) is 0 Å². The van der Waals surface area contributed by atoms with Crippen LogP contribution in [-0.2, 0) is 9.47 Å². The second-order valence-electron chi connectivity index (χ2n) is 3.54. The van der Waals surface area contributed by atoms with E-state index in [1.165, 1.54) is 6.42 Å². The number of hydrogen-bond acceptors (Lipinski definition) is 3. The molecule has 3 atom stereocenters. The van der Waals surface area contributed by atoms with Crippen LogP contribution in [0.5, 0.6) is 0 Å². The van der Waals surface area contributed by atoms with Crippen molar-refractivity contribution in [2.75, 3.05) is 13.2 Å². The van der Waals surface area contributed by atoms with Gasteiger partial charge in [0.05, 0.1) is 12.7 Å². The van der Waals surface area contributed by atoms with Crippen molar-refractivity contribution in [1.29, 1.82) is 0 Å². The zero-order valence-corrected chi connectivity index (χ0v) is 6.88. The van der Waals surface area contributed by atoms with E-state index in [1.54, 1.807) is 0 Å². The summed E-state index contributed by atoms with van der Waals surface area (Å²) in [5, 5.41) is 0. The van der Waals surface area contributed by atoms with Crippen LogP contribution in [-0.4, -0.2) is 25.0 Å². The Morgan fingerprint density at radius 3 is 2.73 bits per heavy atom. The van der Waals surface area contributed by atoms with Crippen LogP contribution in [0.4, 0.5) is 0 Å². The molecule has 1 saturated heterocycles. The summed E-state index contributed by atoms with van der Waals surface area (Å²) in [4.78, 5) is 0. The molecule has 1 spiro atoms. The van der Waals surface area contributed by atoms with Crippen molar-refractivity contribution in [1.82, 2.24) is 0 Å². The van der Waals surface area contributed by atoms with Crippen molar-refractivity contribution in [3.05, 3.63) is 0 Å². The van der Waals surface area contributed by atoms with Gasteiger partial charge in [0.1, 0.15) is 0 Å². The lowest BCUT2D eigenvalue weighted by Gasteiger charge is -2.43. The van der Waals surface area contributed by atoms with Crippen molar-refractivity contribution in [3.63, 3.8) is 0 Å². The average molecular weight is 157 g/mol. The smallest absolute Gasteiger partial charge is 0.171 e. The first-order chi connectivity index (χ1) is 5.27.